The highest BCUT2D eigenvalue weighted by molar-refractivity contribution is 7.09. The fraction of sp³-hybridized carbons (Fsp3) is 0.769. The lowest BCUT2D eigenvalue weighted by atomic mass is 9.84. The molecule has 0 saturated carbocycles. The standard InChI is InChI=1S/C13H22N2S/c1-10(2)7-13(5-4-6-15-13)8-12-11(3)14-9-16-12/h9-10,15H,4-8H2,1-3H3. The Kier molecular flexibility index (Phi) is 3.65. The highest BCUT2D eigenvalue weighted by Gasteiger charge is 2.34. The molecule has 3 heteroatoms. The Labute approximate surface area is 102 Å². The number of nitrogens with zero attached hydrogens (tertiary/aromatic N) is 1. The second kappa shape index (κ2) is 4.84. The summed E-state index contributed by atoms with van der Waals surface area (Å²) in [5.74, 6) is 0.763. The van der Waals surface area contributed by atoms with Crippen molar-refractivity contribution in [3.05, 3.63) is 16.1 Å². The number of aryl methyl sites for hydroxylation is 1. The molecule has 1 atom stereocenters. The molecule has 2 rings (SSSR count). The molecule has 1 aliphatic heterocycles. The third-order valence-electron chi connectivity index (χ3n) is 3.47. The summed E-state index contributed by atoms with van der Waals surface area (Å²) in [6, 6.07) is 0. The van der Waals surface area contributed by atoms with Gasteiger partial charge in [0.2, 0.25) is 0 Å². The smallest absolute Gasteiger partial charge is 0.0797 e. The number of aromatic nitrogens is 1. The molecule has 1 aliphatic rings. The summed E-state index contributed by atoms with van der Waals surface area (Å²) in [6.45, 7) is 7.96. The van der Waals surface area contributed by atoms with E-state index in [1.165, 1.54) is 42.8 Å². The van der Waals surface area contributed by atoms with Crippen LogP contribution in [0.2, 0.25) is 0 Å². The Morgan fingerprint density at radius 1 is 1.56 bits per heavy atom. The van der Waals surface area contributed by atoms with Gasteiger partial charge in [-0.3, -0.25) is 0 Å². The van der Waals surface area contributed by atoms with Crippen LogP contribution in [0.15, 0.2) is 5.51 Å². The normalized spacial score (nSPS) is 25.5. The number of nitrogens with one attached hydrogen (secondary N) is 1. The van der Waals surface area contributed by atoms with Gasteiger partial charge in [-0.15, -0.1) is 11.3 Å². The molecule has 1 aromatic rings. The van der Waals surface area contributed by atoms with Crippen molar-refractivity contribution < 1.29 is 0 Å². The summed E-state index contributed by atoms with van der Waals surface area (Å²) in [7, 11) is 0. The maximum Gasteiger partial charge on any atom is 0.0797 e. The fourth-order valence-corrected chi connectivity index (χ4v) is 3.77. The Morgan fingerprint density at radius 2 is 2.38 bits per heavy atom. The molecule has 0 aromatic carbocycles. The zero-order valence-electron chi connectivity index (χ0n) is 10.5. The van der Waals surface area contributed by atoms with Crippen LogP contribution in [0, 0.1) is 12.8 Å². The lowest BCUT2D eigenvalue weighted by Gasteiger charge is -2.31. The molecule has 90 valence electrons. The van der Waals surface area contributed by atoms with Crippen LogP contribution < -0.4 is 5.32 Å². The molecule has 2 nitrogen and oxygen atoms in total. The maximum absolute atomic E-state index is 4.36. The van der Waals surface area contributed by atoms with Crippen molar-refractivity contribution in [1.29, 1.82) is 0 Å². The predicted octanol–water partition coefficient (Wildman–Crippen LogP) is 3.16. The van der Waals surface area contributed by atoms with Crippen LogP contribution in [-0.4, -0.2) is 17.1 Å². The lowest BCUT2D eigenvalue weighted by Crippen LogP contribution is -2.43. The van der Waals surface area contributed by atoms with Gasteiger partial charge in [0, 0.05) is 16.8 Å². The highest BCUT2D eigenvalue weighted by Crippen LogP contribution is 2.32. The van der Waals surface area contributed by atoms with Crippen molar-refractivity contribution in [2.75, 3.05) is 6.54 Å². The molecule has 0 radical (unpaired) electrons. The van der Waals surface area contributed by atoms with Crippen molar-refractivity contribution in [2.45, 2.75) is 52.0 Å². The van der Waals surface area contributed by atoms with Gasteiger partial charge < -0.3 is 5.32 Å². The van der Waals surface area contributed by atoms with Gasteiger partial charge in [-0.2, -0.15) is 0 Å². The van der Waals surface area contributed by atoms with E-state index in [-0.39, 0.29) is 0 Å². The van der Waals surface area contributed by atoms with Crippen LogP contribution >= 0.6 is 11.3 Å². The van der Waals surface area contributed by atoms with Crippen LogP contribution in [0.5, 0.6) is 0 Å². The fourth-order valence-electron chi connectivity index (χ4n) is 2.85. The molecule has 1 aromatic heterocycles. The SMILES string of the molecule is Cc1ncsc1CC1(CC(C)C)CCCN1. The van der Waals surface area contributed by atoms with Crippen LogP contribution in [0.25, 0.3) is 0 Å². The van der Waals surface area contributed by atoms with Gasteiger partial charge in [0.25, 0.3) is 0 Å². The molecule has 16 heavy (non-hydrogen) atoms. The third-order valence-corrected chi connectivity index (χ3v) is 4.41. The molecule has 0 spiro atoms. The van der Waals surface area contributed by atoms with Gasteiger partial charge in [0.1, 0.15) is 0 Å². The minimum Gasteiger partial charge on any atom is -0.311 e. The van der Waals surface area contributed by atoms with E-state index < -0.39 is 0 Å². The van der Waals surface area contributed by atoms with Crippen LogP contribution in [-0.2, 0) is 6.42 Å². The molecule has 0 bridgehead atoms. The quantitative estimate of drug-likeness (QED) is 0.871. The van der Waals surface area contributed by atoms with E-state index in [0.29, 0.717) is 5.54 Å². The summed E-state index contributed by atoms with van der Waals surface area (Å²) in [4.78, 5) is 5.83. The topological polar surface area (TPSA) is 24.9 Å². The first-order valence-corrected chi connectivity index (χ1v) is 7.13. The largest absolute Gasteiger partial charge is 0.311 e. The van der Waals surface area contributed by atoms with Crippen LogP contribution in [0.1, 0.15) is 43.7 Å². The number of thiazole rings is 1. The molecule has 2 heterocycles. The minimum absolute atomic E-state index is 0.353. The highest BCUT2D eigenvalue weighted by atomic mass is 32.1. The zero-order chi connectivity index (χ0) is 11.6. The van der Waals surface area contributed by atoms with Gasteiger partial charge in [0.05, 0.1) is 11.2 Å². The number of hydrogen-bond donors (Lipinski definition) is 1. The van der Waals surface area contributed by atoms with Gasteiger partial charge >= 0.3 is 0 Å². The van der Waals surface area contributed by atoms with Crippen molar-refractivity contribution in [3.8, 4) is 0 Å². The van der Waals surface area contributed by atoms with Crippen LogP contribution in [0.3, 0.4) is 0 Å². The maximum atomic E-state index is 4.36. The summed E-state index contributed by atoms with van der Waals surface area (Å²) in [5.41, 5.74) is 3.55. The van der Waals surface area contributed by atoms with E-state index in [9.17, 15) is 0 Å². The van der Waals surface area contributed by atoms with E-state index in [0.717, 1.165) is 5.92 Å². The number of rotatable bonds is 4. The monoisotopic (exact) mass is 238 g/mol. The molecule has 1 fully saturated rings. The molecule has 0 amide bonds. The summed E-state index contributed by atoms with van der Waals surface area (Å²) in [6.07, 6.45) is 5.10. The van der Waals surface area contributed by atoms with Gasteiger partial charge in [-0.05, 0) is 38.6 Å². The van der Waals surface area contributed by atoms with Crippen molar-refractivity contribution in [3.63, 3.8) is 0 Å². The average molecular weight is 238 g/mol. The summed E-state index contributed by atoms with van der Waals surface area (Å²) < 4.78 is 0. The molecular weight excluding hydrogens is 216 g/mol. The van der Waals surface area contributed by atoms with Gasteiger partial charge in [0.15, 0.2) is 0 Å². The van der Waals surface area contributed by atoms with Gasteiger partial charge in [-0.1, -0.05) is 13.8 Å². The van der Waals surface area contributed by atoms with Crippen molar-refractivity contribution in [1.82, 2.24) is 10.3 Å². The zero-order valence-corrected chi connectivity index (χ0v) is 11.4. The molecule has 1 N–H and O–H groups in total. The number of hydrogen-bond acceptors (Lipinski definition) is 3. The second-order valence-electron chi connectivity index (χ2n) is 5.45. The first-order chi connectivity index (χ1) is 7.61. The second-order valence-corrected chi connectivity index (χ2v) is 6.39. The van der Waals surface area contributed by atoms with E-state index >= 15 is 0 Å². The Hall–Kier alpha value is -0.410. The Bertz CT molecular complexity index is 337. The molecule has 1 unspecified atom stereocenters. The van der Waals surface area contributed by atoms with E-state index in [2.05, 4.69) is 31.1 Å². The summed E-state index contributed by atoms with van der Waals surface area (Å²) >= 11 is 1.81. The van der Waals surface area contributed by atoms with Crippen molar-refractivity contribution in [2.24, 2.45) is 5.92 Å². The molecule has 0 aliphatic carbocycles. The van der Waals surface area contributed by atoms with Crippen LogP contribution in [0.4, 0.5) is 0 Å². The molecular formula is C13H22N2S. The average Bonchev–Trinajstić information content (AvgIpc) is 2.77. The third kappa shape index (κ3) is 2.64. The lowest BCUT2D eigenvalue weighted by molar-refractivity contribution is 0.303. The van der Waals surface area contributed by atoms with E-state index in [4.69, 9.17) is 0 Å². The Morgan fingerprint density at radius 3 is 2.88 bits per heavy atom. The Balaban J connectivity index is 2.11. The minimum atomic E-state index is 0.353. The summed E-state index contributed by atoms with van der Waals surface area (Å²) in [5, 5.41) is 3.75. The predicted molar refractivity (Wildman–Crippen MR) is 70.0 cm³/mol. The van der Waals surface area contributed by atoms with E-state index in [1.807, 2.05) is 16.8 Å². The van der Waals surface area contributed by atoms with E-state index in [1.54, 1.807) is 0 Å². The molecule has 1 saturated heterocycles. The first-order valence-electron chi connectivity index (χ1n) is 6.25. The van der Waals surface area contributed by atoms with Gasteiger partial charge in [-0.25, -0.2) is 4.98 Å². The first kappa shape index (κ1) is 12.1. The van der Waals surface area contributed by atoms with Crippen molar-refractivity contribution >= 4 is 11.3 Å².